The molecule has 0 spiro atoms. The molecule has 0 saturated carbocycles. The molecule has 0 radical (unpaired) electrons. The van der Waals surface area contributed by atoms with Gasteiger partial charge in [-0.1, -0.05) is 15.9 Å². The number of nitrogens with one attached hydrogen (secondary N) is 1. The lowest BCUT2D eigenvalue weighted by Gasteiger charge is -2.07. The monoisotopic (exact) mass is 300 g/mol. The Labute approximate surface area is 110 Å². The predicted molar refractivity (Wildman–Crippen MR) is 70.6 cm³/mol. The Kier molecular flexibility index (Phi) is 6.00. The lowest BCUT2D eigenvalue weighted by atomic mass is 10.2. The van der Waals surface area contributed by atoms with Gasteiger partial charge in [-0.3, -0.25) is 10.2 Å². The maximum absolute atomic E-state index is 10.8. The molecule has 1 rings (SSSR count). The number of hydrogen-bond acceptors (Lipinski definition) is 3. The molecule has 1 aromatic rings. The second-order valence-corrected chi connectivity index (χ2v) is 4.64. The van der Waals surface area contributed by atoms with Gasteiger partial charge in [0.15, 0.2) is 0 Å². The van der Waals surface area contributed by atoms with Crippen molar-refractivity contribution in [3.8, 4) is 5.75 Å². The second-order valence-electron chi connectivity index (χ2n) is 3.78. The highest BCUT2D eigenvalue weighted by molar-refractivity contribution is 9.10. The Morgan fingerprint density at radius 1 is 1.47 bits per heavy atom. The minimum absolute atomic E-state index is 0.135. The number of rotatable bonds is 6. The van der Waals surface area contributed by atoms with Crippen LogP contribution in [0.5, 0.6) is 5.75 Å². The van der Waals surface area contributed by atoms with Crippen molar-refractivity contribution < 1.29 is 9.53 Å². The van der Waals surface area contributed by atoms with E-state index in [1.54, 1.807) is 0 Å². The minimum atomic E-state index is -0.135. The molecular formula is C12H17BrN2O2. The van der Waals surface area contributed by atoms with Crippen LogP contribution in [0.2, 0.25) is 0 Å². The number of ether oxygens (including phenoxy) is 1. The molecule has 1 amide bonds. The first kappa shape index (κ1) is 14.0. The summed E-state index contributed by atoms with van der Waals surface area (Å²) in [5.74, 6) is 5.69. The number of aryl methyl sites for hydroxylation is 1. The number of nitrogens with two attached hydrogens (primary N) is 1. The van der Waals surface area contributed by atoms with Crippen molar-refractivity contribution >= 4 is 21.8 Å². The summed E-state index contributed by atoms with van der Waals surface area (Å²) in [6.07, 6.45) is 2.06. The van der Waals surface area contributed by atoms with E-state index in [1.807, 2.05) is 25.1 Å². The van der Waals surface area contributed by atoms with Crippen molar-refractivity contribution in [2.75, 3.05) is 6.61 Å². The maximum Gasteiger partial charge on any atom is 0.233 e. The zero-order valence-electron chi connectivity index (χ0n) is 9.83. The summed E-state index contributed by atoms with van der Waals surface area (Å²) in [5.41, 5.74) is 3.25. The Morgan fingerprint density at radius 2 is 2.24 bits per heavy atom. The summed E-state index contributed by atoms with van der Waals surface area (Å²) >= 11 is 3.43. The number of benzene rings is 1. The fraction of sp³-hybridized carbons (Fsp3) is 0.417. The molecule has 0 bridgehead atoms. The summed E-state index contributed by atoms with van der Waals surface area (Å²) in [7, 11) is 0. The van der Waals surface area contributed by atoms with Crippen LogP contribution in [-0.2, 0) is 4.79 Å². The van der Waals surface area contributed by atoms with Gasteiger partial charge in [0, 0.05) is 10.9 Å². The molecule has 94 valence electrons. The quantitative estimate of drug-likeness (QED) is 0.367. The van der Waals surface area contributed by atoms with Crippen molar-refractivity contribution in [1.29, 1.82) is 0 Å². The minimum Gasteiger partial charge on any atom is -0.494 e. The third kappa shape index (κ3) is 5.19. The zero-order chi connectivity index (χ0) is 12.7. The largest absolute Gasteiger partial charge is 0.494 e. The molecule has 1 aromatic carbocycles. The van der Waals surface area contributed by atoms with Gasteiger partial charge in [0.2, 0.25) is 5.91 Å². The van der Waals surface area contributed by atoms with Crippen LogP contribution in [0, 0.1) is 6.92 Å². The van der Waals surface area contributed by atoms with E-state index < -0.39 is 0 Å². The Balaban J connectivity index is 2.22. The Morgan fingerprint density at radius 3 is 2.88 bits per heavy atom. The van der Waals surface area contributed by atoms with Crippen LogP contribution >= 0.6 is 15.9 Å². The van der Waals surface area contributed by atoms with Gasteiger partial charge in [-0.15, -0.1) is 0 Å². The summed E-state index contributed by atoms with van der Waals surface area (Å²) in [6, 6.07) is 5.87. The number of halogens is 1. The first-order chi connectivity index (χ1) is 8.13. The van der Waals surface area contributed by atoms with Gasteiger partial charge in [0.1, 0.15) is 5.75 Å². The molecule has 0 aliphatic carbocycles. The molecule has 0 atom stereocenters. The van der Waals surface area contributed by atoms with E-state index in [0.29, 0.717) is 13.0 Å². The lowest BCUT2D eigenvalue weighted by molar-refractivity contribution is -0.121. The average molecular weight is 301 g/mol. The van der Waals surface area contributed by atoms with Gasteiger partial charge >= 0.3 is 0 Å². The SMILES string of the molecule is Cc1cc(OCCCCC(=O)NN)ccc1Br. The van der Waals surface area contributed by atoms with Crippen molar-refractivity contribution in [2.24, 2.45) is 5.84 Å². The molecule has 0 unspecified atom stereocenters. The second kappa shape index (κ2) is 7.29. The fourth-order valence-corrected chi connectivity index (χ4v) is 1.60. The number of hydrazine groups is 1. The van der Waals surface area contributed by atoms with Gasteiger partial charge in [0.05, 0.1) is 6.61 Å². The van der Waals surface area contributed by atoms with Crippen LogP contribution in [0.1, 0.15) is 24.8 Å². The summed E-state index contributed by atoms with van der Waals surface area (Å²) < 4.78 is 6.65. The molecule has 0 heterocycles. The summed E-state index contributed by atoms with van der Waals surface area (Å²) in [5, 5.41) is 0. The molecule has 0 saturated heterocycles. The Hall–Kier alpha value is -1.07. The van der Waals surface area contributed by atoms with Crippen LogP contribution in [0.15, 0.2) is 22.7 Å². The number of hydrogen-bond donors (Lipinski definition) is 2. The third-order valence-electron chi connectivity index (χ3n) is 2.36. The fourth-order valence-electron chi connectivity index (χ4n) is 1.36. The predicted octanol–water partition coefficient (Wildman–Crippen LogP) is 2.30. The molecule has 4 nitrogen and oxygen atoms in total. The number of carbonyl (C=O) groups is 1. The lowest BCUT2D eigenvalue weighted by Crippen LogP contribution is -2.29. The van der Waals surface area contributed by atoms with Gasteiger partial charge in [-0.25, -0.2) is 5.84 Å². The van der Waals surface area contributed by atoms with Gasteiger partial charge < -0.3 is 4.74 Å². The average Bonchev–Trinajstić information content (AvgIpc) is 2.33. The van der Waals surface area contributed by atoms with Crippen LogP contribution in [0.3, 0.4) is 0 Å². The zero-order valence-corrected chi connectivity index (χ0v) is 11.4. The van der Waals surface area contributed by atoms with Crippen LogP contribution < -0.4 is 16.0 Å². The van der Waals surface area contributed by atoms with Crippen molar-refractivity contribution in [2.45, 2.75) is 26.2 Å². The van der Waals surface area contributed by atoms with E-state index in [0.717, 1.165) is 28.6 Å². The van der Waals surface area contributed by atoms with Crippen molar-refractivity contribution in [3.63, 3.8) is 0 Å². The van der Waals surface area contributed by atoms with E-state index in [4.69, 9.17) is 10.6 Å². The Bertz CT molecular complexity index is 383. The smallest absolute Gasteiger partial charge is 0.233 e. The van der Waals surface area contributed by atoms with E-state index in [2.05, 4.69) is 21.4 Å². The molecule has 0 fully saturated rings. The summed E-state index contributed by atoms with van der Waals surface area (Å²) in [6.45, 7) is 2.63. The number of amides is 1. The molecular weight excluding hydrogens is 284 g/mol. The normalized spacial score (nSPS) is 10.1. The number of carbonyl (C=O) groups excluding carboxylic acids is 1. The third-order valence-corrected chi connectivity index (χ3v) is 3.25. The van der Waals surface area contributed by atoms with Crippen molar-refractivity contribution in [3.05, 3.63) is 28.2 Å². The molecule has 0 aliphatic heterocycles. The first-order valence-electron chi connectivity index (χ1n) is 5.52. The molecule has 3 N–H and O–H groups in total. The van der Waals surface area contributed by atoms with E-state index in [1.165, 1.54) is 0 Å². The molecule has 17 heavy (non-hydrogen) atoms. The highest BCUT2D eigenvalue weighted by atomic mass is 79.9. The molecule has 0 aromatic heterocycles. The van der Waals surface area contributed by atoms with Gasteiger partial charge in [-0.2, -0.15) is 0 Å². The highest BCUT2D eigenvalue weighted by Gasteiger charge is 2.00. The maximum atomic E-state index is 10.8. The topological polar surface area (TPSA) is 64.3 Å². The number of unbranched alkanes of at least 4 members (excludes halogenated alkanes) is 1. The van der Waals surface area contributed by atoms with Crippen molar-refractivity contribution in [1.82, 2.24) is 5.43 Å². The van der Waals surface area contributed by atoms with Crippen LogP contribution in [-0.4, -0.2) is 12.5 Å². The van der Waals surface area contributed by atoms with E-state index in [-0.39, 0.29) is 5.91 Å². The van der Waals surface area contributed by atoms with Crippen LogP contribution in [0.25, 0.3) is 0 Å². The standard InChI is InChI=1S/C12H17BrN2O2/c1-9-8-10(5-6-11(9)13)17-7-3-2-4-12(16)15-14/h5-6,8H,2-4,7,14H2,1H3,(H,15,16). The van der Waals surface area contributed by atoms with Gasteiger partial charge in [-0.05, 0) is 43.5 Å². The summed E-state index contributed by atoms with van der Waals surface area (Å²) in [4.78, 5) is 10.8. The molecule has 5 heteroatoms. The van der Waals surface area contributed by atoms with Crippen LogP contribution in [0.4, 0.5) is 0 Å². The highest BCUT2D eigenvalue weighted by Crippen LogP contribution is 2.21. The molecule has 0 aliphatic rings. The van der Waals surface area contributed by atoms with E-state index in [9.17, 15) is 4.79 Å². The first-order valence-corrected chi connectivity index (χ1v) is 6.31. The van der Waals surface area contributed by atoms with E-state index >= 15 is 0 Å². The van der Waals surface area contributed by atoms with Gasteiger partial charge in [0.25, 0.3) is 0 Å².